The van der Waals surface area contributed by atoms with Crippen LogP contribution in [0.25, 0.3) is 11.0 Å². The number of likely N-dealkylation sites (N-methyl/N-ethyl adjacent to an activating group) is 1. The maximum Gasteiger partial charge on any atom is 0.170 e. The average molecular weight is 287 g/mol. The van der Waals surface area contributed by atoms with Gasteiger partial charge in [0.1, 0.15) is 11.9 Å². The molecule has 1 aromatic carbocycles. The molecule has 5 nitrogen and oxygen atoms in total. The lowest BCUT2D eigenvalue weighted by Crippen LogP contribution is -2.44. The number of fused-ring (bicyclic) bond motifs is 1. The van der Waals surface area contributed by atoms with Crippen LogP contribution in [0.15, 0.2) is 24.3 Å². The number of nitrogens with zero attached hydrogens (tertiary/aromatic N) is 3. The number of ether oxygens (including phenoxy) is 1. The number of hydrogen-bond donors (Lipinski definition) is 0. The Balaban J connectivity index is 1.82. The van der Waals surface area contributed by atoms with E-state index in [2.05, 4.69) is 21.4 Å². The molecule has 1 unspecified atom stereocenters. The number of aryl methyl sites for hydroxylation is 1. The van der Waals surface area contributed by atoms with Crippen molar-refractivity contribution in [3.63, 3.8) is 0 Å². The highest BCUT2D eigenvalue weighted by Crippen LogP contribution is 2.17. The van der Waals surface area contributed by atoms with Crippen LogP contribution < -0.4 is 0 Å². The fourth-order valence-electron chi connectivity index (χ4n) is 2.86. The number of carbonyl (C=O) groups excluding carboxylic acids is 1. The van der Waals surface area contributed by atoms with Crippen molar-refractivity contribution in [1.29, 1.82) is 0 Å². The smallest absolute Gasteiger partial charge is 0.170 e. The molecule has 3 rings (SSSR count). The predicted molar refractivity (Wildman–Crippen MR) is 81.4 cm³/mol. The topological polar surface area (TPSA) is 47.4 Å². The Labute approximate surface area is 124 Å². The molecule has 2 aromatic rings. The monoisotopic (exact) mass is 287 g/mol. The second-order valence-corrected chi connectivity index (χ2v) is 5.53. The lowest BCUT2D eigenvalue weighted by atomic mass is 10.1. The second kappa shape index (κ2) is 5.95. The Kier molecular flexibility index (Phi) is 4.03. The van der Waals surface area contributed by atoms with E-state index in [0.717, 1.165) is 29.9 Å². The fourth-order valence-corrected chi connectivity index (χ4v) is 2.86. The molecule has 0 radical (unpaired) electrons. The van der Waals surface area contributed by atoms with E-state index in [4.69, 9.17) is 4.74 Å². The first kappa shape index (κ1) is 14.2. The number of para-hydroxylation sites is 2. The number of aromatic nitrogens is 2. The highest BCUT2D eigenvalue weighted by Gasteiger charge is 2.26. The summed E-state index contributed by atoms with van der Waals surface area (Å²) in [5.74, 6) is 0.951. The van der Waals surface area contributed by atoms with Crippen molar-refractivity contribution in [2.45, 2.75) is 26.0 Å². The summed E-state index contributed by atoms with van der Waals surface area (Å²) in [6.07, 6.45) is 0.00923. The summed E-state index contributed by atoms with van der Waals surface area (Å²) in [6.45, 7) is 5.07. The molecule has 1 aliphatic heterocycles. The van der Waals surface area contributed by atoms with E-state index in [0.29, 0.717) is 19.6 Å². The lowest BCUT2D eigenvalue weighted by molar-refractivity contribution is -0.135. The van der Waals surface area contributed by atoms with Gasteiger partial charge in [0.15, 0.2) is 5.78 Å². The largest absolute Gasteiger partial charge is 0.368 e. The van der Waals surface area contributed by atoms with Crippen molar-refractivity contribution in [2.75, 3.05) is 26.7 Å². The predicted octanol–water partition coefficient (Wildman–Crippen LogP) is 1.50. The minimum atomic E-state index is -0.325. The van der Waals surface area contributed by atoms with Crippen molar-refractivity contribution < 1.29 is 9.53 Å². The Morgan fingerprint density at radius 2 is 2.24 bits per heavy atom. The molecule has 1 aromatic heterocycles. The van der Waals surface area contributed by atoms with Gasteiger partial charge in [-0.3, -0.25) is 4.79 Å². The number of ketones is 1. The Hall–Kier alpha value is -1.72. The Morgan fingerprint density at radius 1 is 1.43 bits per heavy atom. The highest BCUT2D eigenvalue weighted by molar-refractivity contribution is 5.86. The standard InChI is InChI=1S/C16H21N3O2/c1-3-19-13-7-5-4-6-12(13)17-16(19)10-14(20)15-11-18(2)8-9-21-15/h4-7,15H,3,8-11H2,1-2H3. The number of benzene rings is 1. The maximum atomic E-state index is 12.5. The molecule has 1 aliphatic rings. The van der Waals surface area contributed by atoms with Gasteiger partial charge in [0.05, 0.1) is 24.1 Å². The van der Waals surface area contributed by atoms with Crippen LogP contribution in [0.2, 0.25) is 0 Å². The summed E-state index contributed by atoms with van der Waals surface area (Å²) in [6, 6.07) is 8.01. The molecule has 112 valence electrons. The molecule has 1 atom stereocenters. The van der Waals surface area contributed by atoms with Gasteiger partial charge in [0, 0.05) is 19.6 Å². The molecule has 2 heterocycles. The summed E-state index contributed by atoms with van der Waals surface area (Å²) < 4.78 is 7.71. The Morgan fingerprint density at radius 3 is 3.00 bits per heavy atom. The molecule has 0 N–H and O–H groups in total. The van der Waals surface area contributed by atoms with Gasteiger partial charge in [0.2, 0.25) is 0 Å². The van der Waals surface area contributed by atoms with Gasteiger partial charge in [-0.05, 0) is 26.1 Å². The fraction of sp³-hybridized carbons (Fsp3) is 0.500. The molecular weight excluding hydrogens is 266 g/mol. The van der Waals surface area contributed by atoms with Crippen LogP contribution in [0, 0.1) is 0 Å². The molecule has 21 heavy (non-hydrogen) atoms. The van der Waals surface area contributed by atoms with Gasteiger partial charge in [-0.25, -0.2) is 4.98 Å². The van der Waals surface area contributed by atoms with E-state index in [1.54, 1.807) is 0 Å². The first-order chi connectivity index (χ1) is 10.2. The summed E-state index contributed by atoms with van der Waals surface area (Å²) in [5.41, 5.74) is 2.04. The van der Waals surface area contributed by atoms with Gasteiger partial charge in [0.25, 0.3) is 0 Å². The molecule has 0 amide bonds. The van der Waals surface area contributed by atoms with E-state index in [1.165, 1.54) is 0 Å². The molecule has 1 saturated heterocycles. The second-order valence-electron chi connectivity index (χ2n) is 5.53. The highest BCUT2D eigenvalue weighted by atomic mass is 16.5. The van der Waals surface area contributed by atoms with Gasteiger partial charge >= 0.3 is 0 Å². The van der Waals surface area contributed by atoms with Crippen LogP contribution >= 0.6 is 0 Å². The molecule has 1 fully saturated rings. The summed E-state index contributed by atoms with van der Waals surface area (Å²) in [5, 5.41) is 0. The van der Waals surface area contributed by atoms with E-state index in [-0.39, 0.29) is 11.9 Å². The van der Waals surface area contributed by atoms with Crippen molar-refractivity contribution in [2.24, 2.45) is 0 Å². The molecular formula is C16H21N3O2. The number of carbonyl (C=O) groups is 1. The van der Waals surface area contributed by atoms with Crippen LogP contribution in [0.4, 0.5) is 0 Å². The molecule has 0 aliphatic carbocycles. The number of hydrogen-bond acceptors (Lipinski definition) is 4. The quantitative estimate of drug-likeness (QED) is 0.855. The number of rotatable bonds is 4. The van der Waals surface area contributed by atoms with Crippen LogP contribution in [-0.4, -0.2) is 53.1 Å². The maximum absolute atomic E-state index is 12.5. The normalized spacial score (nSPS) is 20.0. The van der Waals surface area contributed by atoms with Crippen molar-refractivity contribution in [3.8, 4) is 0 Å². The minimum absolute atomic E-state index is 0.117. The van der Waals surface area contributed by atoms with Crippen molar-refractivity contribution in [3.05, 3.63) is 30.1 Å². The van der Waals surface area contributed by atoms with Crippen LogP contribution in [-0.2, 0) is 22.5 Å². The summed E-state index contributed by atoms with van der Waals surface area (Å²) in [4.78, 5) is 19.2. The molecule has 0 spiro atoms. The number of Topliss-reactive ketones (excluding diaryl/α,β-unsaturated/α-hetero) is 1. The van der Waals surface area contributed by atoms with Crippen molar-refractivity contribution in [1.82, 2.24) is 14.5 Å². The number of morpholine rings is 1. The lowest BCUT2D eigenvalue weighted by Gasteiger charge is -2.29. The van der Waals surface area contributed by atoms with E-state index in [1.807, 2.05) is 31.3 Å². The third-order valence-corrected chi connectivity index (χ3v) is 4.01. The van der Waals surface area contributed by atoms with Gasteiger partial charge in [-0.2, -0.15) is 0 Å². The third-order valence-electron chi connectivity index (χ3n) is 4.01. The molecule has 0 saturated carbocycles. The van der Waals surface area contributed by atoms with Gasteiger partial charge < -0.3 is 14.2 Å². The van der Waals surface area contributed by atoms with Crippen LogP contribution in [0.3, 0.4) is 0 Å². The van der Waals surface area contributed by atoms with Gasteiger partial charge in [-0.1, -0.05) is 12.1 Å². The van der Waals surface area contributed by atoms with Gasteiger partial charge in [-0.15, -0.1) is 0 Å². The Bertz CT molecular complexity index is 650. The minimum Gasteiger partial charge on any atom is -0.368 e. The zero-order chi connectivity index (χ0) is 14.8. The zero-order valence-electron chi connectivity index (χ0n) is 12.6. The number of imidazole rings is 1. The summed E-state index contributed by atoms with van der Waals surface area (Å²) in [7, 11) is 2.02. The SMILES string of the molecule is CCn1c(CC(=O)C2CN(C)CCO2)nc2ccccc21. The molecule has 0 bridgehead atoms. The first-order valence-electron chi connectivity index (χ1n) is 7.46. The van der Waals surface area contributed by atoms with E-state index >= 15 is 0 Å². The average Bonchev–Trinajstić information content (AvgIpc) is 2.84. The van der Waals surface area contributed by atoms with Crippen LogP contribution in [0.5, 0.6) is 0 Å². The van der Waals surface area contributed by atoms with Crippen molar-refractivity contribution >= 4 is 16.8 Å². The summed E-state index contributed by atoms with van der Waals surface area (Å²) >= 11 is 0. The first-order valence-corrected chi connectivity index (χ1v) is 7.46. The zero-order valence-corrected chi connectivity index (χ0v) is 12.6. The molecule has 5 heteroatoms. The van der Waals surface area contributed by atoms with E-state index in [9.17, 15) is 4.79 Å². The third kappa shape index (κ3) is 2.84. The van der Waals surface area contributed by atoms with E-state index < -0.39 is 0 Å². The van der Waals surface area contributed by atoms with Crippen LogP contribution in [0.1, 0.15) is 12.7 Å².